The van der Waals surface area contributed by atoms with Gasteiger partial charge in [-0.2, -0.15) is 0 Å². The molecule has 4 atom stereocenters. The highest BCUT2D eigenvalue weighted by molar-refractivity contribution is 5.89. The van der Waals surface area contributed by atoms with Crippen molar-refractivity contribution in [2.24, 2.45) is 11.8 Å². The molecular weight excluding hydrogens is 304 g/mol. The Bertz CT molecular complexity index is 590. The summed E-state index contributed by atoms with van der Waals surface area (Å²) in [6.07, 6.45) is 2.78. The van der Waals surface area contributed by atoms with Crippen molar-refractivity contribution in [2.45, 2.75) is 44.8 Å². The van der Waals surface area contributed by atoms with E-state index < -0.39 is 0 Å². The van der Waals surface area contributed by atoms with Crippen molar-refractivity contribution in [3.05, 3.63) is 35.9 Å². The van der Waals surface area contributed by atoms with Gasteiger partial charge < -0.3 is 15.3 Å². The summed E-state index contributed by atoms with van der Waals surface area (Å²) in [6.45, 7) is 2.98. The Hall–Kier alpha value is -1.88. The van der Waals surface area contributed by atoms with Crippen LogP contribution in [0.15, 0.2) is 30.3 Å². The van der Waals surface area contributed by atoms with Crippen LogP contribution < -0.4 is 5.32 Å². The maximum Gasteiger partial charge on any atom is 0.225 e. The molecule has 1 saturated heterocycles. The zero-order valence-electron chi connectivity index (χ0n) is 14.1. The number of nitrogens with zero attached hydrogens (tertiary/aromatic N) is 1. The van der Waals surface area contributed by atoms with Crippen molar-refractivity contribution < 1.29 is 14.7 Å². The first-order valence-electron chi connectivity index (χ1n) is 8.86. The summed E-state index contributed by atoms with van der Waals surface area (Å²) in [4.78, 5) is 26.5. The normalized spacial score (nSPS) is 28.2. The van der Waals surface area contributed by atoms with E-state index >= 15 is 0 Å². The molecule has 1 heterocycles. The molecule has 1 aliphatic carbocycles. The van der Waals surface area contributed by atoms with Gasteiger partial charge in [0.15, 0.2) is 0 Å². The molecule has 4 unspecified atom stereocenters. The van der Waals surface area contributed by atoms with Gasteiger partial charge in [0.1, 0.15) is 0 Å². The number of aliphatic hydroxyl groups is 1. The Morgan fingerprint density at radius 1 is 1.33 bits per heavy atom. The van der Waals surface area contributed by atoms with Crippen molar-refractivity contribution in [1.29, 1.82) is 0 Å². The zero-order chi connectivity index (χ0) is 17.1. The van der Waals surface area contributed by atoms with Crippen LogP contribution in [-0.4, -0.2) is 41.0 Å². The van der Waals surface area contributed by atoms with E-state index in [1.807, 2.05) is 37.3 Å². The summed E-state index contributed by atoms with van der Waals surface area (Å²) in [5, 5.41) is 12.8. The van der Waals surface area contributed by atoms with Crippen LogP contribution in [0.25, 0.3) is 0 Å². The van der Waals surface area contributed by atoms with E-state index in [0.29, 0.717) is 13.1 Å². The van der Waals surface area contributed by atoms with Crippen LogP contribution in [-0.2, 0) is 9.59 Å². The molecule has 24 heavy (non-hydrogen) atoms. The highest BCUT2D eigenvalue weighted by Crippen LogP contribution is 2.29. The predicted molar refractivity (Wildman–Crippen MR) is 91.0 cm³/mol. The summed E-state index contributed by atoms with van der Waals surface area (Å²) in [5.41, 5.74) is 1.08. The smallest absolute Gasteiger partial charge is 0.225 e. The first kappa shape index (κ1) is 17.0. The second-order valence-electron chi connectivity index (χ2n) is 7.04. The van der Waals surface area contributed by atoms with Gasteiger partial charge in [0.2, 0.25) is 11.8 Å². The van der Waals surface area contributed by atoms with Gasteiger partial charge in [0.05, 0.1) is 18.1 Å². The van der Waals surface area contributed by atoms with Gasteiger partial charge in [-0.05, 0) is 25.3 Å². The number of hydrogen-bond donors (Lipinski definition) is 2. The molecular formula is C19H26N2O3. The quantitative estimate of drug-likeness (QED) is 0.866. The average molecular weight is 330 g/mol. The lowest BCUT2D eigenvalue weighted by Gasteiger charge is -2.25. The van der Waals surface area contributed by atoms with Crippen molar-refractivity contribution >= 4 is 11.8 Å². The molecule has 0 spiro atoms. The standard InChI is InChI=1S/C19H26N2O3/c1-13(14-6-3-2-4-7-14)21-12-16(10-18(21)23)19(24)20-11-15-8-5-9-17(15)22/h2-4,6-7,13,15-17,22H,5,8-12H2,1H3,(H,20,24). The lowest BCUT2D eigenvalue weighted by molar-refractivity contribution is -0.130. The molecule has 1 aliphatic heterocycles. The van der Waals surface area contributed by atoms with Crippen LogP contribution in [0.2, 0.25) is 0 Å². The fourth-order valence-corrected chi connectivity index (χ4v) is 3.82. The number of rotatable bonds is 5. The molecule has 5 nitrogen and oxygen atoms in total. The third-order valence-corrected chi connectivity index (χ3v) is 5.44. The van der Waals surface area contributed by atoms with Gasteiger partial charge >= 0.3 is 0 Å². The Labute approximate surface area is 143 Å². The molecule has 1 saturated carbocycles. The molecule has 2 N–H and O–H groups in total. The minimum atomic E-state index is -0.301. The third kappa shape index (κ3) is 3.61. The molecule has 130 valence electrons. The second-order valence-corrected chi connectivity index (χ2v) is 7.04. The molecule has 2 fully saturated rings. The lowest BCUT2D eigenvalue weighted by Crippen LogP contribution is -2.37. The van der Waals surface area contributed by atoms with E-state index in [9.17, 15) is 14.7 Å². The van der Waals surface area contributed by atoms with Gasteiger partial charge in [-0.15, -0.1) is 0 Å². The van der Waals surface area contributed by atoms with E-state index in [1.165, 1.54) is 0 Å². The maximum absolute atomic E-state index is 12.4. The Kier molecular flexibility index (Phi) is 5.19. The van der Waals surface area contributed by atoms with Crippen molar-refractivity contribution in [3.8, 4) is 0 Å². The number of carbonyl (C=O) groups is 2. The third-order valence-electron chi connectivity index (χ3n) is 5.44. The Morgan fingerprint density at radius 3 is 2.75 bits per heavy atom. The monoisotopic (exact) mass is 330 g/mol. The number of likely N-dealkylation sites (tertiary alicyclic amines) is 1. The summed E-state index contributed by atoms with van der Waals surface area (Å²) in [5.74, 6) is -0.162. The highest BCUT2D eigenvalue weighted by atomic mass is 16.3. The van der Waals surface area contributed by atoms with Crippen molar-refractivity contribution in [3.63, 3.8) is 0 Å². The molecule has 1 aromatic carbocycles. The van der Waals surface area contributed by atoms with Gasteiger partial charge in [0, 0.05) is 25.4 Å². The second kappa shape index (κ2) is 7.34. The van der Waals surface area contributed by atoms with Crippen LogP contribution in [0.4, 0.5) is 0 Å². The summed E-state index contributed by atoms with van der Waals surface area (Å²) < 4.78 is 0. The van der Waals surface area contributed by atoms with Gasteiger partial charge in [-0.3, -0.25) is 9.59 Å². The SMILES string of the molecule is CC(c1ccccc1)N1CC(C(=O)NCC2CCCC2O)CC1=O. The maximum atomic E-state index is 12.4. The summed E-state index contributed by atoms with van der Waals surface area (Å²) in [7, 11) is 0. The fraction of sp³-hybridized carbons (Fsp3) is 0.579. The van der Waals surface area contributed by atoms with Crippen LogP contribution in [0.1, 0.15) is 44.2 Å². The van der Waals surface area contributed by atoms with Crippen LogP contribution in [0.3, 0.4) is 0 Å². The Balaban J connectivity index is 1.55. The molecule has 2 aliphatic rings. The van der Waals surface area contributed by atoms with E-state index in [2.05, 4.69) is 5.32 Å². The van der Waals surface area contributed by atoms with Crippen LogP contribution in [0, 0.1) is 11.8 Å². The Morgan fingerprint density at radius 2 is 2.08 bits per heavy atom. The molecule has 0 bridgehead atoms. The number of benzene rings is 1. The number of hydrogen-bond acceptors (Lipinski definition) is 3. The first-order chi connectivity index (χ1) is 11.6. The van der Waals surface area contributed by atoms with Crippen molar-refractivity contribution in [1.82, 2.24) is 10.2 Å². The number of aliphatic hydroxyl groups excluding tert-OH is 1. The van der Waals surface area contributed by atoms with Crippen LogP contribution in [0.5, 0.6) is 0 Å². The van der Waals surface area contributed by atoms with Gasteiger partial charge in [-0.1, -0.05) is 36.8 Å². The molecule has 3 rings (SSSR count). The summed E-state index contributed by atoms with van der Waals surface area (Å²) >= 11 is 0. The lowest BCUT2D eigenvalue weighted by atomic mass is 10.0. The molecule has 5 heteroatoms. The van der Waals surface area contributed by atoms with E-state index in [1.54, 1.807) is 4.90 Å². The van der Waals surface area contributed by atoms with E-state index in [0.717, 1.165) is 24.8 Å². The number of carbonyl (C=O) groups excluding carboxylic acids is 2. The topological polar surface area (TPSA) is 69.6 Å². The minimum absolute atomic E-state index is 0.0202. The fourth-order valence-electron chi connectivity index (χ4n) is 3.82. The molecule has 2 amide bonds. The average Bonchev–Trinajstić information content (AvgIpc) is 3.18. The van der Waals surface area contributed by atoms with E-state index in [-0.39, 0.29) is 42.2 Å². The number of amides is 2. The predicted octanol–water partition coefficient (Wildman–Crippen LogP) is 1.87. The van der Waals surface area contributed by atoms with Crippen molar-refractivity contribution in [2.75, 3.05) is 13.1 Å². The first-order valence-corrected chi connectivity index (χ1v) is 8.86. The van der Waals surface area contributed by atoms with Gasteiger partial charge in [-0.25, -0.2) is 0 Å². The molecule has 1 aromatic rings. The minimum Gasteiger partial charge on any atom is -0.393 e. The molecule has 0 aromatic heterocycles. The summed E-state index contributed by atoms with van der Waals surface area (Å²) in [6, 6.07) is 9.87. The van der Waals surface area contributed by atoms with Crippen LogP contribution >= 0.6 is 0 Å². The van der Waals surface area contributed by atoms with E-state index in [4.69, 9.17) is 0 Å². The van der Waals surface area contributed by atoms with Gasteiger partial charge in [0.25, 0.3) is 0 Å². The zero-order valence-corrected chi connectivity index (χ0v) is 14.1. The highest BCUT2D eigenvalue weighted by Gasteiger charge is 2.37. The molecule has 0 radical (unpaired) electrons. The largest absolute Gasteiger partial charge is 0.393 e. The number of nitrogens with one attached hydrogen (secondary N) is 1.